The Hall–Kier alpha value is -2.47. The van der Waals surface area contributed by atoms with E-state index in [0.717, 1.165) is 31.8 Å². The third kappa shape index (κ3) is 5.55. The van der Waals surface area contributed by atoms with Crippen molar-refractivity contribution in [3.05, 3.63) is 42.0 Å². The summed E-state index contributed by atoms with van der Waals surface area (Å²) in [5.74, 6) is -0.389. The molecule has 1 aromatic carbocycles. The van der Waals surface area contributed by atoms with Crippen molar-refractivity contribution in [2.45, 2.75) is 37.1 Å². The van der Waals surface area contributed by atoms with Gasteiger partial charge in [0.25, 0.3) is 0 Å². The summed E-state index contributed by atoms with van der Waals surface area (Å²) in [7, 11) is -2.75. The van der Waals surface area contributed by atoms with E-state index in [9.17, 15) is 26.0 Å². The number of hydrogen-bond acceptors (Lipinski definition) is 7. The normalized spacial score (nSPS) is 18.6. The molecule has 1 aliphatic rings. The van der Waals surface area contributed by atoms with Crippen molar-refractivity contribution in [3.63, 3.8) is 0 Å². The van der Waals surface area contributed by atoms with Gasteiger partial charge in [0.1, 0.15) is 10.7 Å². The van der Waals surface area contributed by atoms with Crippen LogP contribution in [-0.4, -0.2) is 63.6 Å². The molecule has 12 heteroatoms. The van der Waals surface area contributed by atoms with Crippen LogP contribution in [0.1, 0.15) is 25.5 Å². The topological polar surface area (TPSA) is 75.6 Å². The van der Waals surface area contributed by atoms with Crippen molar-refractivity contribution in [2.24, 2.45) is 5.92 Å². The maximum atomic E-state index is 14.0. The van der Waals surface area contributed by atoms with Gasteiger partial charge < -0.3 is 14.5 Å². The number of sulfone groups is 1. The fourth-order valence-electron chi connectivity index (χ4n) is 3.91. The van der Waals surface area contributed by atoms with Crippen molar-refractivity contribution in [1.82, 2.24) is 9.97 Å². The number of piperazine rings is 1. The summed E-state index contributed by atoms with van der Waals surface area (Å²) in [5.41, 5.74) is 0.389. The van der Waals surface area contributed by atoms with Gasteiger partial charge in [0, 0.05) is 56.6 Å². The predicted molar refractivity (Wildman–Crippen MR) is 116 cm³/mol. The summed E-state index contributed by atoms with van der Waals surface area (Å²) in [6.07, 6.45) is -3.49. The van der Waals surface area contributed by atoms with Crippen molar-refractivity contribution in [1.29, 1.82) is 0 Å². The number of benzene rings is 1. The van der Waals surface area contributed by atoms with Crippen LogP contribution in [0.25, 0.3) is 0 Å². The zero-order valence-electron chi connectivity index (χ0n) is 18.7. The molecular weight excluding hydrogens is 464 g/mol. The van der Waals surface area contributed by atoms with E-state index in [4.69, 9.17) is 0 Å². The maximum Gasteiger partial charge on any atom is 0.418 e. The summed E-state index contributed by atoms with van der Waals surface area (Å²) in [4.78, 5) is 11.8. The number of ether oxygens (including phenoxy) is 1. The van der Waals surface area contributed by atoms with Gasteiger partial charge in [0.15, 0.2) is 15.9 Å². The molecule has 2 atom stereocenters. The average molecular weight is 491 g/mol. The molecule has 3 rings (SSSR count). The molecule has 0 saturated carbocycles. The fraction of sp³-hybridized carbons (Fsp3) is 0.524. The van der Waals surface area contributed by atoms with Gasteiger partial charge in [0.2, 0.25) is 5.95 Å². The molecule has 33 heavy (non-hydrogen) atoms. The minimum atomic E-state index is -4.58. The first kappa shape index (κ1) is 25.2. The van der Waals surface area contributed by atoms with Crippen LogP contribution >= 0.6 is 0 Å². The Balaban J connectivity index is 1.84. The van der Waals surface area contributed by atoms with Gasteiger partial charge in [0.05, 0.1) is 6.04 Å². The van der Waals surface area contributed by atoms with E-state index < -0.39 is 27.9 Å². The molecule has 7 nitrogen and oxygen atoms in total. The molecule has 0 bridgehead atoms. The molecular formula is C21H26F4N4O3S. The molecule has 2 heterocycles. The second-order valence-corrected chi connectivity index (χ2v) is 10.3. The molecule has 0 N–H and O–H groups in total. The lowest BCUT2D eigenvalue weighted by atomic mass is 9.99. The van der Waals surface area contributed by atoms with E-state index in [1.54, 1.807) is 0 Å². The van der Waals surface area contributed by atoms with Crippen molar-refractivity contribution >= 4 is 21.5 Å². The molecule has 1 fully saturated rings. The highest BCUT2D eigenvalue weighted by molar-refractivity contribution is 7.90. The van der Waals surface area contributed by atoms with Gasteiger partial charge >= 0.3 is 6.18 Å². The van der Waals surface area contributed by atoms with Gasteiger partial charge in [-0.1, -0.05) is 13.8 Å². The summed E-state index contributed by atoms with van der Waals surface area (Å²) < 4.78 is 81.7. The Morgan fingerprint density at radius 2 is 1.79 bits per heavy atom. The van der Waals surface area contributed by atoms with Crippen LogP contribution in [0.4, 0.5) is 29.2 Å². The molecule has 0 radical (unpaired) electrons. The lowest BCUT2D eigenvalue weighted by molar-refractivity contribution is -0.216. The van der Waals surface area contributed by atoms with E-state index in [1.165, 1.54) is 12.1 Å². The Labute approximate surface area is 190 Å². The molecule has 0 spiro atoms. The fourth-order valence-corrected chi connectivity index (χ4v) is 4.67. The highest BCUT2D eigenvalue weighted by Gasteiger charge is 2.42. The number of methoxy groups -OCH3 is 1. The molecule has 1 aliphatic heterocycles. The van der Waals surface area contributed by atoms with Crippen molar-refractivity contribution in [3.8, 4) is 0 Å². The Kier molecular flexibility index (Phi) is 7.18. The highest BCUT2D eigenvalue weighted by atomic mass is 32.2. The van der Waals surface area contributed by atoms with E-state index in [-0.39, 0.29) is 22.4 Å². The second-order valence-electron chi connectivity index (χ2n) is 8.31. The standard InChI is InChI=1S/C21H26F4N4O3S/c1-13(2)17-12-28(15-5-6-16(22)18(9-15)33(4,30)31)7-8-29(17)20-26-10-14(11-27-20)19(32-3)21(23,24)25/h5-6,9-11,13,17,19H,7-8,12H2,1-4H3. The lowest BCUT2D eigenvalue weighted by Gasteiger charge is -2.44. The molecule has 1 aromatic heterocycles. The zero-order chi connectivity index (χ0) is 24.6. The van der Waals surface area contributed by atoms with E-state index in [1.807, 2.05) is 23.6 Å². The van der Waals surface area contributed by atoms with Gasteiger partial charge in [-0.25, -0.2) is 22.8 Å². The van der Waals surface area contributed by atoms with Crippen LogP contribution in [0.5, 0.6) is 0 Å². The number of anilines is 2. The van der Waals surface area contributed by atoms with Crippen molar-refractivity contribution < 1.29 is 30.7 Å². The molecule has 1 saturated heterocycles. The monoisotopic (exact) mass is 490 g/mol. The Morgan fingerprint density at radius 1 is 1.15 bits per heavy atom. The maximum absolute atomic E-state index is 14.0. The van der Waals surface area contributed by atoms with Gasteiger partial charge in [-0.05, 0) is 24.1 Å². The molecule has 2 aromatic rings. The van der Waals surface area contributed by atoms with Gasteiger partial charge in [-0.15, -0.1) is 0 Å². The quantitative estimate of drug-likeness (QED) is 0.573. The number of alkyl halides is 3. The Morgan fingerprint density at radius 3 is 2.30 bits per heavy atom. The Bertz CT molecular complexity index is 1080. The number of hydrogen-bond donors (Lipinski definition) is 0. The third-order valence-corrected chi connectivity index (χ3v) is 6.73. The minimum absolute atomic E-state index is 0.114. The SMILES string of the molecule is COC(c1cnc(N2CCN(c3ccc(F)c(S(C)(=O)=O)c3)CC2C(C)C)nc1)C(F)(F)F. The van der Waals surface area contributed by atoms with E-state index in [0.29, 0.717) is 31.3 Å². The van der Waals surface area contributed by atoms with Crippen LogP contribution in [-0.2, 0) is 14.6 Å². The molecule has 182 valence electrons. The number of nitrogens with zero attached hydrogens (tertiary/aromatic N) is 4. The zero-order valence-corrected chi connectivity index (χ0v) is 19.5. The summed E-state index contributed by atoms with van der Waals surface area (Å²) in [6, 6.07) is 3.88. The lowest BCUT2D eigenvalue weighted by Crippen LogP contribution is -2.56. The summed E-state index contributed by atoms with van der Waals surface area (Å²) in [6.45, 7) is 5.37. The highest BCUT2D eigenvalue weighted by Crippen LogP contribution is 2.35. The summed E-state index contributed by atoms with van der Waals surface area (Å²) in [5, 5.41) is 0. The number of halogens is 4. The average Bonchev–Trinajstić information content (AvgIpc) is 2.73. The second kappa shape index (κ2) is 9.41. The summed E-state index contributed by atoms with van der Waals surface area (Å²) >= 11 is 0. The first-order chi connectivity index (χ1) is 15.3. The number of aromatic nitrogens is 2. The van der Waals surface area contributed by atoms with Crippen LogP contribution in [0, 0.1) is 11.7 Å². The molecule has 0 amide bonds. The van der Waals surface area contributed by atoms with Gasteiger partial charge in [-0.3, -0.25) is 0 Å². The number of rotatable bonds is 6. The smallest absolute Gasteiger partial charge is 0.368 e. The van der Waals surface area contributed by atoms with Crippen LogP contribution < -0.4 is 9.80 Å². The minimum Gasteiger partial charge on any atom is -0.368 e. The van der Waals surface area contributed by atoms with Crippen LogP contribution in [0.15, 0.2) is 35.5 Å². The molecule has 0 aliphatic carbocycles. The van der Waals surface area contributed by atoms with E-state index >= 15 is 0 Å². The molecule has 2 unspecified atom stereocenters. The van der Waals surface area contributed by atoms with E-state index in [2.05, 4.69) is 14.7 Å². The third-order valence-electron chi connectivity index (χ3n) is 5.62. The van der Waals surface area contributed by atoms with Crippen molar-refractivity contribution in [2.75, 3.05) is 42.8 Å². The first-order valence-electron chi connectivity index (χ1n) is 10.3. The van der Waals surface area contributed by atoms with Crippen LogP contribution in [0.3, 0.4) is 0 Å². The van der Waals surface area contributed by atoms with Gasteiger partial charge in [-0.2, -0.15) is 13.2 Å². The first-order valence-corrected chi connectivity index (χ1v) is 12.1. The van der Waals surface area contributed by atoms with Crippen LogP contribution in [0.2, 0.25) is 0 Å². The predicted octanol–water partition coefficient (Wildman–Crippen LogP) is 3.62. The largest absolute Gasteiger partial charge is 0.418 e.